The second-order valence-corrected chi connectivity index (χ2v) is 9.02. The second-order valence-electron chi connectivity index (χ2n) is 9.02. The minimum Gasteiger partial charge on any atom is -0.491 e. The number of rotatable bonds is 7. The van der Waals surface area contributed by atoms with Crippen LogP contribution in [0.15, 0.2) is 54.6 Å². The number of ketones is 1. The third kappa shape index (κ3) is 5.96. The first-order valence-corrected chi connectivity index (χ1v) is 11.6. The van der Waals surface area contributed by atoms with Crippen molar-refractivity contribution in [2.45, 2.75) is 46.3 Å². The van der Waals surface area contributed by atoms with Crippen LogP contribution in [0.3, 0.4) is 0 Å². The molecule has 0 aliphatic carbocycles. The Morgan fingerprint density at radius 1 is 1.15 bits per heavy atom. The molecule has 1 aliphatic heterocycles. The maximum Gasteiger partial charge on any atom is 0.221 e. The molecule has 3 aromatic rings. The fourth-order valence-electron chi connectivity index (χ4n) is 4.41. The van der Waals surface area contributed by atoms with Crippen LogP contribution in [0.25, 0.3) is 10.9 Å². The number of amides is 1. The summed E-state index contributed by atoms with van der Waals surface area (Å²) in [5.41, 5.74) is 3.37. The molecule has 1 fully saturated rings. The minimum atomic E-state index is -0.0905. The van der Waals surface area contributed by atoms with E-state index < -0.39 is 0 Å². The molecular formula is C27H31N3O3. The Morgan fingerprint density at radius 2 is 2.00 bits per heavy atom. The molecule has 2 heterocycles. The highest BCUT2D eigenvalue weighted by molar-refractivity contribution is 5.98. The van der Waals surface area contributed by atoms with Crippen molar-refractivity contribution in [1.29, 1.82) is 0 Å². The number of piperidine rings is 1. The van der Waals surface area contributed by atoms with Gasteiger partial charge in [0.05, 0.1) is 17.3 Å². The molecule has 1 aromatic heterocycles. The van der Waals surface area contributed by atoms with Gasteiger partial charge >= 0.3 is 0 Å². The minimum absolute atomic E-state index is 0.0197. The summed E-state index contributed by atoms with van der Waals surface area (Å²) in [5, 5.41) is 3.79. The fourth-order valence-corrected chi connectivity index (χ4v) is 4.41. The van der Waals surface area contributed by atoms with Gasteiger partial charge in [0.15, 0.2) is 5.78 Å². The van der Waals surface area contributed by atoms with E-state index in [2.05, 4.69) is 10.2 Å². The largest absolute Gasteiger partial charge is 0.491 e. The molecule has 2 aromatic carbocycles. The molecule has 0 bridgehead atoms. The van der Waals surface area contributed by atoms with Gasteiger partial charge in [0.1, 0.15) is 5.75 Å². The van der Waals surface area contributed by atoms with Crippen LogP contribution >= 0.6 is 0 Å². The molecule has 1 aliphatic rings. The lowest BCUT2D eigenvalue weighted by Crippen LogP contribution is -2.38. The van der Waals surface area contributed by atoms with E-state index in [1.54, 1.807) is 0 Å². The highest BCUT2D eigenvalue weighted by atomic mass is 16.5. The van der Waals surface area contributed by atoms with E-state index in [0.717, 1.165) is 59.5 Å². The summed E-state index contributed by atoms with van der Waals surface area (Å²) >= 11 is 0. The molecule has 0 saturated carbocycles. The van der Waals surface area contributed by atoms with Gasteiger partial charge in [-0.1, -0.05) is 18.2 Å². The predicted octanol–water partition coefficient (Wildman–Crippen LogP) is 5.08. The van der Waals surface area contributed by atoms with Gasteiger partial charge in [0.2, 0.25) is 5.91 Å². The van der Waals surface area contributed by atoms with Gasteiger partial charge in [-0.3, -0.25) is 19.5 Å². The van der Waals surface area contributed by atoms with Crippen LogP contribution in [0, 0.1) is 5.92 Å². The zero-order valence-electron chi connectivity index (χ0n) is 19.5. The van der Waals surface area contributed by atoms with Gasteiger partial charge in [-0.05, 0) is 69.6 Å². The van der Waals surface area contributed by atoms with Gasteiger partial charge in [0.25, 0.3) is 0 Å². The van der Waals surface area contributed by atoms with Crippen LogP contribution in [0.2, 0.25) is 0 Å². The van der Waals surface area contributed by atoms with Gasteiger partial charge in [-0.25, -0.2) is 0 Å². The van der Waals surface area contributed by atoms with Crippen molar-refractivity contribution in [3.05, 3.63) is 65.9 Å². The first-order valence-electron chi connectivity index (χ1n) is 11.6. The molecule has 1 atom stereocenters. The number of Topliss-reactive ketones (excluding diaryl/α,β-unsaturated/α-hetero) is 1. The number of likely N-dealkylation sites (tertiary alicyclic amines) is 1. The van der Waals surface area contributed by atoms with E-state index in [4.69, 9.17) is 9.72 Å². The number of nitrogens with one attached hydrogen (secondary N) is 1. The number of nitrogens with zero attached hydrogens (tertiary/aromatic N) is 2. The van der Waals surface area contributed by atoms with Crippen LogP contribution in [0.5, 0.6) is 5.75 Å². The topological polar surface area (TPSA) is 71.5 Å². The third-order valence-electron chi connectivity index (χ3n) is 5.82. The van der Waals surface area contributed by atoms with Gasteiger partial charge in [0, 0.05) is 42.6 Å². The molecule has 6 heteroatoms. The zero-order valence-corrected chi connectivity index (χ0v) is 19.5. The van der Waals surface area contributed by atoms with Gasteiger partial charge in [-0.15, -0.1) is 0 Å². The maximum atomic E-state index is 13.2. The standard InChI is InChI=1S/C27H31N3O3/c1-18(2)33-25-8-4-6-21(15-25)27(32)22-7-5-13-30(16-22)17-24-10-9-20-14-23(28-19(3)31)11-12-26(20)29-24/h4,6,8-12,14-15,18,22H,5,7,13,16-17H2,1-3H3,(H,28,31). The molecule has 0 radical (unpaired) electrons. The second kappa shape index (κ2) is 10.1. The van der Waals surface area contributed by atoms with Crippen molar-refractivity contribution >= 4 is 28.3 Å². The first-order chi connectivity index (χ1) is 15.9. The van der Waals surface area contributed by atoms with Gasteiger partial charge in [-0.2, -0.15) is 0 Å². The van der Waals surface area contributed by atoms with E-state index in [1.165, 1.54) is 6.92 Å². The lowest BCUT2D eigenvalue weighted by Gasteiger charge is -2.31. The number of aromatic nitrogens is 1. The summed E-state index contributed by atoms with van der Waals surface area (Å²) < 4.78 is 5.76. The van der Waals surface area contributed by atoms with Crippen molar-refractivity contribution < 1.29 is 14.3 Å². The SMILES string of the molecule is CC(=O)Nc1ccc2nc(CN3CCCC(C(=O)c4cccc(OC(C)C)c4)C3)ccc2c1. The van der Waals surface area contributed by atoms with Crippen molar-refractivity contribution in [3.8, 4) is 5.75 Å². The lowest BCUT2D eigenvalue weighted by atomic mass is 9.90. The highest BCUT2D eigenvalue weighted by Gasteiger charge is 2.27. The number of anilines is 1. The summed E-state index contributed by atoms with van der Waals surface area (Å²) in [4.78, 5) is 31.6. The third-order valence-corrected chi connectivity index (χ3v) is 5.82. The summed E-state index contributed by atoms with van der Waals surface area (Å²) in [7, 11) is 0. The smallest absolute Gasteiger partial charge is 0.221 e. The lowest BCUT2D eigenvalue weighted by molar-refractivity contribution is -0.114. The molecule has 1 saturated heterocycles. The Balaban J connectivity index is 1.43. The Hall–Kier alpha value is -3.25. The number of carbonyl (C=O) groups is 2. The van der Waals surface area contributed by atoms with Crippen molar-refractivity contribution in [2.24, 2.45) is 5.92 Å². The van der Waals surface area contributed by atoms with E-state index >= 15 is 0 Å². The number of carbonyl (C=O) groups excluding carboxylic acids is 2. The summed E-state index contributed by atoms with van der Waals surface area (Å²) in [6.45, 7) is 7.87. The Labute approximate surface area is 195 Å². The number of benzene rings is 2. The number of hydrogen-bond donors (Lipinski definition) is 1. The Morgan fingerprint density at radius 3 is 2.79 bits per heavy atom. The predicted molar refractivity (Wildman–Crippen MR) is 131 cm³/mol. The summed E-state index contributed by atoms with van der Waals surface area (Å²) in [6, 6.07) is 17.3. The monoisotopic (exact) mass is 445 g/mol. The first kappa shape index (κ1) is 22.9. The van der Waals surface area contributed by atoms with E-state index in [0.29, 0.717) is 6.54 Å². The van der Waals surface area contributed by atoms with Crippen molar-refractivity contribution in [2.75, 3.05) is 18.4 Å². The van der Waals surface area contributed by atoms with Crippen LogP contribution in [-0.4, -0.2) is 40.8 Å². The molecule has 0 spiro atoms. The number of fused-ring (bicyclic) bond motifs is 1. The highest BCUT2D eigenvalue weighted by Crippen LogP contribution is 2.25. The Kier molecular flexibility index (Phi) is 7.04. The van der Waals surface area contributed by atoms with Crippen LogP contribution in [0.4, 0.5) is 5.69 Å². The average molecular weight is 446 g/mol. The van der Waals surface area contributed by atoms with E-state index in [9.17, 15) is 9.59 Å². The maximum absolute atomic E-state index is 13.2. The molecule has 172 valence electrons. The Bertz CT molecular complexity index is 1160. The van der Waals surface area contributed by atoms with Crippen LogP contribution in [-0.2, 0) is 11.3 Å². The normalized spacial score (nSPS) is 16.7. The van der Waals surface area contributed by atoms with E-state index in [-0.39, 0.29) is 23.7 Å². The van der Waals surface area contributed by atoms with Crippen molar-refractivity contribution in [3.63, 3.8) is 0 Å². The number of ether oxygens (including phenoxy) is 1. The molecule has 1 N–H and O–H groups in total. The van der Waals surface area contributed by atoms with Crippen molar-refractivity contribution in [1.82, 2.24) is 9.88 Å². The van der Waals surface area contributed by atoms with E-state index in [1.807, 2.05) is 68.4 Å². The summed E-state index contributed by atoms with van der Waals surface area (Å²) in [5.74, 6) is 0.817. The number of pyridine rings is 1. The number of hydrogen-bond acceptors (Lipinski definition) is 5. The quantitative estimate of drug-likeness (QED) is 0.514. The molecule has 1 amide bonds. The molecule has 6 nitrogen and oxygen atoms in total. The molecular weight excluding hydrogens is 414 g/mol. The molecule has 1 unspecified atom stereocenters. The summed E-state index contributed by atoms with van der Waals surface area (Å²) in [6.07, 6.45) is 1.97. The van der Waals surface area contributed by atoms with Crippen LogP contribution < -0.4 is 10.1 Å². The molecule has 33 heavy (non-hydrogen) atoms. The van der Waals surface area contributed by atoms with Gasteiger partial charge < -0.3 is 10.1 Å². The fraction of sp³-hybridized carbons (Fsp3) is 0.370. The average Bonchev–Trinajstić information content (AvgIpc) is 2.78. The van der Waals surface area contributed by atoms with Crippen LogP contribution in [0.1, 0.15) is 49.7 Å². The molecule has 4 rings (SSSR count). The zero-order chi connectivity index (χ0) is 23.4.